The number of hydrogen-bond acceptors (Lipinski definition) is 3. The van der Waals surface area contributed by atoms with Gasteiger partial charge in [-0.3, -0.25) is 9.88 Å². The van der Waals surface area contributed by atoms with Crippen molar-refractivity contribution in [3.63, 3.8) is 0 Å². The Morgan fingerprint density at radius 1 is 1.53 bits per heavy atom. The van der Waals surface area contributed by atoms with Gasteiger partial charge in [0.05, 0.1) is 0 Å². The topological polar surface area (TPSA) is 28.2 Å². The molecular weight excluding hydrogens is 210 g/mol. The quantitative estimate of drug-likeness (QED) is 0.861. The number of nitrogens with zero attached hydrogens (tertiary/aromatic N) is 2. The molecule has 1 unspecified atom stereocenters. The second kappa shape index (κ2) is 5.61. The number of hydrogen-bond donors (Lipinski definition) is 1. The van der Waals surface area contributed by atoms with Gasteiger partial charge in [0.15, 0.2) is 0 Å². The maximum Gasteiger partial charge on any atom is 0.0300 e. The minimum atomic E-state index is 0.643. The third kappa shape index (κ3) is 3.27. The molecule has 0 spiro atoms. The van der Waals surface area contributed by atoms with E-state index >= 15 is 0 Å². The standard InChI is InChI=1S/C14H23N3/c1-11(2)17-7-5-14(10-17)16-9-13-4-6-15-8-12(13)3/h4,6,8,11,14,16H,5,7,9-10H2,1-3H3. The van der Waals surface area contributed by atoms with Crippen LogP contribution >= 0.6 is 0 Å². The van der Waals surface area contributed by atoms with Crippen molar-refractivity contribution >= 4 is 0 Å². The van der Waals surface area contributed by atoms with Gasteiger partial charge >= 0.3 is 0 Å². The summed E-state index contributed by atoms with van der Waals surface area (Å²) in [7, 11) is 0. The number of pyridine rings is 1. The zero-order valence-corrected chi connectivity index (χ0v) is 11.1. The van der Waals surface area contributed by atoms with Gasteiger partial charge in [-0.25, -0.2) is 0 Å². The summed E-state index contributed by atoms with van der Waals surface area (Å²) in [5, 5.41) is 3.65. The van der Waals surface area contributed by atoms with Crippen molar-refractivity contribution in [2.24, 2.45) is 0 Å². The maximum atomic E-state index is 4.12. The average molecular weight is 233 g/mol. The largest absolute Gasteiger partial charge is 0.309 e. The van der Waals surface area contributed by atoms with Gasteiger partial charge in [0.2, 0.25) is 0 Å². The lowest BCUT2D eigenvalue weighted by Crippen LogP contribution is -2.34. The summed E-state index contributed by atoms with van der Waals surface area (Å²) in [4.78, 5) is 6.66. The zero-order valence-electron chi connectivity index (χ0n) is 11.1. The molecule has 1 aliphatic heterocycles. The van der Waals surface area contributed by atoms with Crippen LogP contribution in [0.5, 0.6) is 0 Å². The highest BCUT2D eigenvalue weighted by Gasteiger charge is 2.23. The fourth-order valence-electron chi connectivity index (χ4n) is 2.38. The van der Waals surface area contributed by atoms with Crippen molar-refractivity contribution < 1.29 is 0 Å². The van der Waals surface area contributed by atoms with Crippen LogP contribution in [0.25, 0.3) is 0 Å². The lowest BCUT2D eigenvalue weighted by molar-refractivity contribution is 0.268. The summed E-state index contributed by atoms with van der Waals surface area (Å²) in [6, 6.07) is 3.42. The lowest BCUT2D eigenvalue weighted by atomic mass is 10.1. The fourth-order valence-corrected chi connectivity index (χ4v) is 2.38. The average Bonchev–Trinajstić information content (AvgIpc) is 2.77. The van der Waals surface area contributed by atoms with Gasteiger partial charge in [-0.15, -0.1) is 0 Å². The molecular formula is C14H23N3. The fraction of sp³-hybridized carbons (Fsp3) is 0.643. The molecule has 2 heterocycles. The SMILES string of the molecule is Cc1cnccc1CNC1CCN(C(C)C)C1. The molecule has 0 aromatic carbocycles. The Kier molecular flexibility index (Phi) is 4.13. The Hall–Kier alpha value is -0.930. The summed E-state index contributed by atoms with van der Waals surface area (Å²) < 4.78 is 0. The highest BCUT2D eigenvalue weighted by atomic mass is 15.2. The van der Waals surface area contributed by atoms with Crippen molar-refractivity contribution in [3.8, 4) is 0 Å². The molecule has 1 fully saturated rings. The summed E-state index contributed by atoms with van der Waals surface area (Å²) in [5.74, 6) is 0. The Labute approximate surface area is 104 Å². The van der Waals surface area contributed by atoms with Crippen LogP contribution in [0.2, 0.25) is 0 Å². The molecule has 1 N–H and O–H groups in total. The first kappa shape index (κ1) is 12.5. The molecule has 0 aliphatic carbocycles. The van der Waals surface area contributed by atoms with Crippen LogP contribution in [0.15, 0.2) is 18.5 Å². The molecule has 0 amide bonds. The van der Waals surface area contributed by atoms with E-state index in [2.05, 4.69) is 42.0 Å². The van der Waals surface area contributed by atoms with Crippen LogP contribution in [-0.2, 0) is 6.54 Å². The highest BCUT2D eigenvalue weighted by Crippen LogP contribution is 2.13. The Bertz CT molecular complexity index is 362. The molecule has 0 radical (unpaired) electrons. The monoisotopic (exact) mass is 233 g/mol. The van der Waals surface area contributed by atoms with Gasteiger partial charge in [0, 0.05) is 37.6 Å². The van der Waals surface area contributed by atoms with E-state index in [4.69, 9.17) is 0 Å². The zero-order chi connectivity index (χ0) is 12.3. The van der Waals surface area contributed by atoms with Crippen LogP contribution in [0, 0.1) is 6.92 Å². The Balaban J connectivity index is 1.82. The van der Waals surface area contributed by atoms with Crippen molar-refractivity contribution in [1.82, 2.24) is 15.2 Å². The first-order valence-corrected chi connectivity index (χ1v) is 6.53. The number of aromatic nitrogens is 1. The molecule has 1 saturated heterocycles. The molecule has 2 rings (SSSR count). The van der Waals surface area contributed by atoms with Gasteiger partial charge in [0.25, 0.3) is 0 Å². The Morgan fingerprint density at radius 3 is 3.00 bits per heavy atom. The van der Waals surface area contributed by atoms with E-state index < -0.39 is 0 Å². The van der Waals surface area contributed by atoms with E-state index in [0.29, 0.717) is 12.1 Å². The molecule has 3 heteroatoms. The molecule has 1 aliphatic rings. The van der Waals surface area contributed by atoms with Gasteiger partial charge in [0.1, 0.15) is 0 Å². The smallest absolute Gasteiger partial charge is 0.0300 e. The predicted molar refractivity (Wildman–Crippen MR) is 70.9 cm³/mol. The second-order valence-electron chi connectivity index (χ2n) is 5.26. The maximum absolute atomic E-state index is 4.12. The molecule has 1 aromatic heterocycles. The number of nitrogens with one attached hydrogen (secondary N) is 1. The molecule has 3 nitrogen and oxygen atoms in total. The lowest BCUT2D eigenvalue weighted by Gasteiger charge is -2.20. The number of likely N-dealkylation sites (tertiary alicyclic amines) is 1. The number of aryl methyl sites for hydroxylation is 1. The van der Waals surface area contributed by atoms with Gasteiger partial charge in [-0.1, -0.05) is 0 Å². The molecule has 17 heavy (non-hydrogen) atoms. The van der Waals surface area contributed by atoms with Crippen molar-refractivity contribution in [2.45, 2.75) is 45.8 Å². The van der Waals surface area contributed by atoms with E-state index in [1.807, 2.05) is 12.4 Å². The third-order valence-corrected chi connectivity index (χ3v) is 3.67. The van der Waals surface area contributed by atoms with Gasteiger partial charge in [-0.2, -0.15) is 0 Å². The van der Waals surface area contributed by atoms with Crippen LogP contribution in [0.1, 0.15) is 31.4 Å². The molecule has 0 saturated carbocycles. The minimum Gasteiger partial charge on any atom is -0.309 e. The third-order valence-electron chi connectivity index (χ3n) is 3.67. The van der Waals surface area contributed by atoms with Crippen LogP contribution in [-0.4, -0.2) is 35.1 Å². The molecule has 0 bridgehead atoms. The molecule has 1 atom stereocenters. The van der Waals surface area contributed by atoms with E-state index in [9.17, 15) is 0 Å². The first-order valence-electron chi connectivity index (χ1n) is 6.53. The van der Waals surface area contributed by atoms with Crippen LogP contribution in [0.4, 0.5) is 0 Å². The van der Waals surface area contributed by atoms with Crippen molar-refractivity contribution in [1.29, 1.82) is 0 Å². The minimum absolute atomic E-state index is 0.643. The van der Waals surface area contributed by atoms with Crippen LogP contribution < -0.4 is 5.32 Å². The summed E-state index contributed by atoms with van der Waals surface area (Å²) in [6.45, 7) is 10.0. The van der Waals surface area contributed by atoms with E-state index in [1.54, 1.807) is 0 Å². The predicted octanol–water partition coefficient (Wildman–Crippen LogP) is 1.96. The van der Waals surface area contributed by atoms with E-state index in [-0.39, 0.29) is 0 Å². The normalized spacial score (nSPS) is 21.3. The second-order valence-corrected chi connectivity index (χ2v) is 5.26. The highest BCUT2D eigenvalue weighted by molar-refractivity contribution is 5.21. The van der Waals surface area contributed by atoms with E-state index in [1.165, 1.54) is 30.6 Å². The van der Waals surface area contributed by atoms with Crippen molar-refractivity contribution in [3.05, 3.63) is 29.6 Å². The molecule has 1 aromatic rings. The summed E-state index contributed by atoms with van der Waals surface area (Å²) in [5.41, 5.74) is 2.64. The summed E-state index contributed by atoms with van der Waals surface area (Å²) >= 11 is 0. The Morgan fingerprint density at radius 2 is 2.35 bits per heavy atom. The summed E-state index contributed by atoms with van der Waals surface area (Å²) in [6.07, 6.45) is 5.08. The van der Waals surface area contributed by atoms with E-state index in [0.717, 1.165) is 6.54 Å². The van der Waals surface area contributed by atoms with Crippen LogP contribution in [0.3, 0.4) is 0 Å². The van der Waals surface area contributed by atoms with Gasteiger partial charge < -0.3 is 5.32 Å². The van der Waals surface area contributed by atoms with Gasteiger partial charge in [-0.05, 0) is 50.9 Å². The van der Waals surface area contributed by atoms with Crippen molar-refractivity contribution in [2.75, 3.05) is 13.1 Å². The first-order chi connectivity index (χ1) is 8.16. The molecule has 94 valence electrons. The number of rotatable bonds is 4.